The maximum absolute atomic E-state index is 11.7. The summed E-state index contributed by atoms with van der Waals surface area (Å²) in [5, 5.41) is 13.7. The smallest absolute Gasteiger partial charge is 0.275 e. The van der Waals surface area contributed by atoms with Crippen LogP contribution in [0.4, 0.5) is 5.82 Å². The summed E-state index contributed by atoms with van der Waals surface area (Å²) >= 11 is 0. The molecule has 0 unspecified atom stereocenters. The molecule has 1 aromatic heterocycles. The van der Waals surface area contributed by atoms with Gasteiger partial charge in [-0.1, -0.05) is 31.9 Å². The van der Waals surface area contributed by atoms with E-state index in [4.69, 9.17) is 0 Å². The van der Waals surface area contributed by atoms with Gasteiger partial charge in [0.15, 0.2) is 11.5 Å². The lowest BCUT2D eigenvalue weighted by molar-refractivity contribution is 0.0959. The highest BCUT2D eigenvalue weighted by molar-refractivity contribution is 5.96. The Hall–Kier alpha value is -1.59. The van der Waals surface area contributed by atoms with E-state index in [-0.39, 0.29) is 5.91 Å². The average Bonchev–Trinajstić information content (AvgIpc) is 2.81. The van der Waals surface area contributed by atoms with Gasteiger partial charge in [-0.3, -0.25) is 4.79 Å². The summed E-state index contributed by atoms with van der Waals surface area (Å²) in [6.07, 6.45) is 4.25. The van der Waals surface area contributed by atoms with Crippen LogP contribution in [0.15, 0.2) is 0 Å². The number of nitrogens with one attached hydrogen (secondary N) is 2. The number of hydrogen-bond acceptors (Lipinski definition) is 4. The maximum atomic E-state index is 11.7. The van der Waals surface area contributed by atoms with E-state index in [1.807, 2.05) is 4.68 Å². The molecule has 0 spiro atoms. The summed E-state index contributed by atoms with van der Waals surface area (Å²) in [7, 11) is 3.38. The minimum atomic E-state index is -0.211. The Kier molecular flexibility index (Phi) is 5.61. The van der Waals surface area contributed by atoms with Gasteiger partial charge in [0, 0.05) is 14.1 Å². The lowest BCUT2D eigenvalue weighted by Gasteiger charge is -2.17. The highest BCUT2D eigenvalue weighted by atomic mass is 16.1. The van der Waals surface area contributed by atoms with Crippen molar-refractivity contribution in [3.05, 3.63) is 5.69 Å². The SMILES string of the molecule is CCCC(CCC)n1nnc(C(=O)NC)c1NC. The Morgan fingerprint density at radius 1 is 1.28 bits per heavy atom. The van der Waals surface area contributed by atoms with Crippen LogP contribution in [0.1, 0.15) is 56.1 Å². The molecule has 6 nitrogen and oxygen atoms in total. The topological polar surface area (TPSA) is 71.8 Å². The molecule has 0 atom stereocenters. The molecule has 0 aliphatic carbocycles. The van der Waals surface area contributed by atoms with Crippen molar-refractivity contribution in [3.63, 3.8) is 0 Å². The molecule has 1 amide bonds. The average molecular weight is 253 g/mol. The van der Waals surface area contributed by atoms with Crippen LogP contribution in [-0.2, 0) is 0 Å². The summed E-state index contributed by atoms with van der Waals surface area (Å²) in [5.41, 5.74) is 0.359. The van der Waals surface area contributed by atoms with Gasteiger partial charge in [0.25, 0.3) is 5.91 Å². The summed E-state index contributed by atoms with van der Waals surface area (Å²) in [4.78, 5) is 11.7. The molecule has 18 heavy (non-hydrogen) atoms. The second kappa shape index (κ2) is 6.98. The number of carbonyl (C=O) groups excluding carboxylic acids is 1. The van der Waals surface area contributed by atoms with E-state index in [1.165, 1.54) is 0 Å². The van der Waals surface area contributed by atoms with Crippen LogP contribution in [0.3, 0.4) is 0 Å². The number of aromatic nitrogens is 3. The molecule has 102 valence electrons. The van der Waals surface area contributed by atoms with E-state index in [0.29, 0.717) is 17.6 Å². The number of amides is 1. The van der Waals surface area contributed by atoms with Gasteiger partial charge in [0.05, 0.1) is 6.04 Å². The van der Waals surface area contributed by atoms with E-state index in [9.17, 15) is 4.79 Å². The van der Waals surface area contributed by atoms with Gasteiger partial charge in [0.1, 0.15) is 0 Å². The zero-order valence-corrected chi connectivity index (χ0v) is 11.7. The normalized spacial score (nSPS) is 10.7. The lowest BCUT2D eigenvalue weighted by Crippen LogP contribution is -2.20. The van der Waals surface area contributed by atoms with Crippen molar-refractivity contribution < 1.29 is 4.79 Å². The van der Waals surface area contributed by atoms with Crippen molar-refractivity contribution in [1.82, 2.24) is 20.3 Å². The third-order valence-corrected chi connectivity index (χ3v) is 2.96. The van der Waals surface area contributed by atoms with Crippen molar-refractivity contribution >= 4 is 11.7 Å². The molecule has 1 heterocycles. The van der Waals surface area contributed by atoms with Crippen LogP contribution >= 0.6 is 0 Å². The van der Waals surface area contributed by atoms with Crippen LogP contribution in [0.25, 0.3) is 0 Å². The first-order valence-electron chi connectivity index (χ1n) is 6.54. The fourth-order valence-electron chi connectivity index (χ4n) is 2.11. The molecule has 0 aromatic carbocycles. The van der Waals surface area contributed by atoms with Gasteiger partial charge < -0.3 is 10.6 Å². The molecule has 0 radical (unpaired) electrons. The predicted octanol–water partition coefficient (Wildman–Crippen LogP) is 1.82. The monoisotopic (exact) mass is 253 g/mol. The minimum absolute atomic E-state index is 0.211. The maximum Gasteiger partial charge on any atom is 0.275 e. The van der Waals surface area contributed by atoms with E-state index in [1.54, 1.807) is 14.1 Å². The Morgan fingerprint density at radius 2 is 1.89 bits per heavy atom. The largest absolute Gasteiger partial charge is 0.371 e. The van der Waals surface area contributed by atoms with E-state index in [2.05, 4.69) is 34.8 Å². The number of nitrogens with zero attached hydrogens (tertiary/aromatic N) is 3. The summed E-state index contributed by atoms with van der Waals surface area (Å²) in [6.45, 7) is 4.30. The van der Waals surface area contributed by atoms with E-state index >= 15 is 0 Å². The first-order chi connectivity index (χ1) is 8.69. The van der Waals surface area contributed by atoms with Gasteiger partial charge in [0.2, 0.25) is 0 Å². The fourth-order valence-corrected chi connectivity index (χ4v) is 2.11. The second-order valence-electron chi connectivity index (χ2n) is 4.29. The quantitative estimate of drug-likeness (QED) is 0.777. The van der Waals surface area contributed by atoms with Gasteiger partial charge >= 0.3 is 0 Å². The molecule has 0 saturated carbocycles. The molecule has 1 aromatic rings. The number of rotatable bonds is 7. The van der Waals surface area contributed by atoms with Crippen LogP contribution in [0.5, 0.6) is 0 Å². The van der Waals surface area contributed by atoms with Gasteiger partial charge in [-0.05, 0) is 12.8 Å². The van der Waals surface area contributed by atoms with Gasteiger partial charge in [-0.15, -0.1) is 5.10 Å². The Morgan fingerprint density at radius 3 is 2.33 bits per heavy atom. The molecular weight excluding hydrogens is 230 g/mol. The third kappa shape index (κ3) is 3.00. The van der Waals surface area contributed by atoms with E-state index in [0.717, 1.165) is 25.7 Å². The molecule has 6 heteroatoms. The van der Waals surface area contributed by atoms with Crippen LogP contribution in [0.2, 0.25) is 0 Å². The molecule has 0 fully saturated rings. The molecule has 0 bridgehead atoms. The molecule has 0 aliphatic heterocycles. The fraction of sp³-hybridized carbons (Fsp3) is 0.750. The Bertz CT molecular complexity index is 382. The van der Waals surface area contributed by atoms with Crippen molar-refractivity contribution in [2.24, 2.45) is 0 Å². The van der Waals surface area contributed by atoms with Crippen LogP contribution < -0.4 is 10.6 Å². The molecule has 0 aliphatic rings. The highest BCUT2D eigenvalue weighted by Crippen LogP contribution is 2.24. The number of anilines is 1. The van der Waals surface area contributed by atoms with Crippen molar-refractivity contribution in [1.29, 1.82) is 0 Å². The molecule has 2 N–H and O–H groups in total. The molecule has 0 saturated heterocycles. The van der Waals surface area contributed by atoms with E-state index < -0.39 is 0 Å². The predicted molar refractivity (Wildman–Crippen MR) is 71.8 cm³/mol. The summed E-state index contributed by atoms with van der Waals surface area (Å²) < 4.78 is 1.84. The third-order valence-electron chi connectivity index (χ3n) is 2.96. The van der Waals surface area contributed by atoms with Crippen molar-refractivity contribution in [2.75, 3.05) is 19.4 Å². The number of hydrogen-bond donors (Lipinski definition) is 2. The Labute approximate surface area is 108 Å². The zero-order chi connectivity index (χ0) is 13.5. The van der Waals surface area contributed by atoms with Crippen molar-refractivity contribution in [2.45, 2.75) is 45.6 Å². The molecule has 1 rings (SSSR count). The summed E-state index contributed by atoms with van der Waals surface area (Å²) in [5.74, 6) is 0.485. The number of carbonyl (C=O) groups is 1. The van der Waals surface area contributed by atoms with Crippen molar-refractivity contribution in [3.8, 4) is 0 Å². The van der Waals surface area contributed by atoms with Gasteiger partial charge in [-0.25, -0.2) is 4.68 Å². The lowest BCUT2D eigenvalue weighted by atomic mass is 10.1. The van der Waals surface area contributed by atoms with Gasteiger partial charge in [-0.2, -0.15) is 0 Å². The Balaban J connectivity index is 3.06. The standard InChI is InChI=1S/C12H23N5O/c1-5-7-9(8-6-2)17-11(13-3)10(15-16-17)12(18)14-4/h9,13H,5-8H2,1-4H3,(H,14,18). The highest BCUT2D eigenvalue weighted by Gasteiger charge is 2.22. The second-order valence-corrected chi connectivity index (χ2v) is 4.29. The first-order valence-corrected chi connectivity index (χ1v) is 6.54. The summed E-state index contributed by atoms with van der Waals surface area (Å²) in [6, 6.07) is 0.299. The zero-order valence-electron chi connectivity index (χ0n) is 11.7. The molecular formula is C12H23N5O. The minimum Gasteiger partial charge on any atom is -0.371 e. The first kappa shape index (κ1) is 14.5. The van der Waals surface area contributed by atoms with Crippen LogP contribution in [0, 0.1) is 0 Å². The van der Waals surface area contributed by atoms with Crippen LogP contribution in [-0.4, -0.2) is 35.0 Å².